The van der Waals surface area contributed by atoms with Crippen LogP contribution in [0.1, 0.15) is 32.5 Å². The quantitative estimate of drug-likeness (QED) is 0.865. The summed E-state index contributed by atoms with van der Waals surface area (Å²) in [6, 6.07) is -0.456. The summed E-state index contributed by atoms with van der Waals surface area (Å²) in [5.41, 5.74) is -0.206. The number of likely N-dealkylation sites (tertiary alicyclic amines) is 1. The van der Waals surface area contributed by atoms with E-state index in [-0.39, 0.29) is 5.41 Å². The molecule has 1 aliphatic rings. The van der Waals surface area contributed by atoms with Crippen molar-refractivity contribution in [1.29, 1.82) is 0 Å². The van der Waals surface area contributed by atoms with Gasteiger partial charge in [0, 0.05) is 7.05 Å². The normalized spacial score (nSPS) is 24.1. The lowest BCUT2D eigenvalue weighted by molar-refractivity contribution is -0.151. The number of aromatic nitrogens is 3. The maximum atomic E-state index is 11.5. The number of rotatable bonds is 3. The standard InChI is InChI=1S/C12H20N4O2/c1-12(2)5-4-6-16(10(12)11(17)18)7-9-13-8-14-15(9)3/h8,10H,4-7H2,1-3H3,(H,17,18). The zero-order valence-corrected chi connectivity index (χ0v) is 11.1. The van der Waals surface area contributed by atoms with Crippen molar-refractivity contribution in [3.05, 3.63) is 12.2 Å². The van der Waals surface area contributed by atoms with Crippen molar-refractivity contribution >= 4 is 5.97 Å². The Labute approximate surface area is 107 Å². The Kier molecular flexibility index (Phi) is 3.38. The van der Waals surface area contributed by atoms with Crippen LogP contribution in [0.15, 0.2) is 6.33 Å². The van der Waals surface area contributed by atoms with Gasteiger partial charge in [0.1, 0.15) is 18.2 Å². The van der Waals surface area contributed by atoms with Crippen LogP contribution < -0.4 is 0 Å². The Hall–Kier alpha value is -1.43. The number of carboxylic acid groups (broad SMARTS) is 1. The zero-order chi connectivity index (χ0) is 13.3. The molecule has 1 aliphatic heterocycles. The number of carboxylic acids is 1. The molecule has 1 unspecified atom stereocenters. The third kappa shape index (κ3) is 2.38. The fourth-order valence-electron chi connectivity index (χ4n) is 2.80. The summed E-state index contributed by atoms with van der Waals surface area (Å²) in [5, 5.41) is 13.5. The van der Waals surface area contributed by atoms with Crippen molar-refractivity contribution in [3.63, 3.8) is 0 Å². The van der Waals surface area contributed by atoms with E-state index in [2.05, 4.69) is 10.1 Å². The van der Waals surface area contributed by atoms with E-state index in [1.807, 2.05) is 25.8 Å². The lowest BCUT2D eigenvalue weighted by atomic mass is 9.76. The van der Waals surface area contributed by atoms with Crippen LogP contribution in [0, 0.1) is 5.41 Å². The van der Waals surface area contributed by atoms with Gasteiger partial charge >= 0.3 is 5.97 Å². The number of nitrogens with zero attached hydrogens (tertiary/aromatic N) is 4. The van der Waals surface area contributed by atoms with Crippen LogP contribution in [-0.2, 0) is 18.4 Å². The maximum Gasteiger partial charge on any atom is 0.321 e. The molecule has 1 atom stereocenters. The highest BCUT2D eigenvalue weighted by Gasteiger charge is 2.42. The summed E-state index contributed by atoms with van der Waals surface area (Å²) < 4.78 is 1.69. The number of hydrogen-bond acceptors (Lipinski definition) is 4. The summed E-state index contributed by atoms with van der Waals surface area (Å²) in [6.45, 7) is 5.38. The van der Waals surface area contributed by atoms with E-state index in [1.165, 1.54) is 6.33 Å². The van der Waals surface area contributed by atoms with E-state index in [1.54, 1.807) is 4.68 Å². The van der Waals surface area contributed by atoms with Crippen LogP contribution in [0.4, 0.5) is 0 Å². The number of piperidine rings is 1. The van der Waals surface area contributed by atoms with E-state index < -0.39 is 12.0 Å². The SMILES string of the molecule is Cn1ncnc1CN1CCCC(C)(C)C1C(=O)O. The molecule has 0 aromatic carbocycles. The Balaban J connectivity index is 2.20. The highest BCUT2D eigenvalue weighted by molar-refractivity contribution is 5.74. The molecule has 1 fully saturated rings. The molecule has 0 spiro atoms. The molecule has 6 heteroatoms. The van der Waals surface area contributed by atoms with Crippen LogP contribution in [0.5, 0.6) is 0 Å². The molecule has 1 aromatic heterocycles. The Morgan fingerprint density at radius 3 is 2.89 bits per heavy atom. The van der Waals surface area contributed by atoms with E-state index >= 15 is 0 Å². The monoisotopic (exact) mass is 252 g/mol. The topological polar surface area (TPSA) is 71.2 Å². The number of carbonyl (C=O) groups is 1. The van der Waals surface area contributed by atoms with Gasteiger partial charge in [-0.05, 0) is 24.8 Å². The van der Waals surface area contributed by atoms with Crippen molar-refractivity contribution in [2.24, 2.45) is 12.5 Å². The molecule has 18 heavy (non-hydrogen) atoms. The van der Waals surface area contributed by atoms with E-state index in [0.29, 0.717) is 6.54 Å². The summed E-state index contributed by atoms with van der Waals surface area (Å²) in [6.07, 6.45) is 3.47. The molecule has 0 radical (unpaired) electrons. The lowest BCUT2D eigenvalue weighted by Crippen LogP contribution is -2.53. The molecule has 1 aromatic rings. The third-order valence-electron chi connectivity index (χ3n) is 3.76. The Morgan fingerprint density at radius 1 is 1.61 bits per heavy atom. The van der Waals surface area contributed by atoms with Crippen molar-refractivity contribution in [1.82, 2.24) is 19.7 Å². The van der Waals surface area contributed by atoms with E-state index in [9.17, 15) is 9.90 Å². The zero-order valence-electron chi connectivity index (χ0n) is 11.1. The molecule has 0 bridgehead atoms. The summed E-state index contributed by atoms with van der Waals surface area (Å²) in [5.74, 6) is 0.0563. The summed E-state index contributed by atoms with van der Waals surface area (Å²) in [7, 11) is 1.83. The minimum absolute atomic E-state index is 0.206. The van der Waals surface area contributed by atoms with Crippen molar-refractivity contribution in [2.75, 3.05) is 6.54 Å². The minimum atomic E-state index is -0.748. The fraction of sp³-hybridized carbons (Fsp3) is 0.750. The summed E-state index contributed by atoms with van der Waals surface area (Å²) in [4.78, 5) is 17.7. The fourth-order valence-corrected chi connectivity index (χ4v) is 2.80. The van der Waals surface area contributed by atoms with Crippen LogP contribution in [0.2, 0.25) is 0 Å². The number of aliphatic carboxylic acids is 1. The smallest absolute Gasteiger partial charge is 0.321 e. The van der Waals surface area contributed by atoms with Crippen molar-refractivity contribution < 1.29 is 9.90 Å². The van der Waals surface area contributed by atoms with Crippen LogP contribution >= 0.6 is 0 Å². The number of aryl methyl sites for hydroxylation is 1. The largest absolute Gasteiger partial charge is 0.480 e. The lowest BCUT2D eigenvalue weighted by Gasteiger charge is -2.43. The molecule has 2 heterocycles. The molecule has 1 saturated heterocycles. The molecule has 2 rings (SSSR count). The number of hydrogen-bond donors (Lipinski definition) is 1. The van der Waals surface area contributed by atoms with Crippen molar-refractivity contribution in [2.45, 2.75) is 39.3 Å². The predicted molar refractivity (Wildman–Crippen MR) is 65.9 cm³/mol. The van der Waals surface area contributed by atoms with Crippen LogP contribution in [0.3, 0.4) is 0 Å². The van der Waals surface area contributed by atoms with Gasteiger partial charge in [-0.2, -0.15) is 5.10 Å². The molecule has 1 N–H and O–H groups in total. The second-order valence-corrected chi connectivity index (χ2v) is 5.60. The van der Waals surface area contributed by atoms with Gasteiger partial charge in [0.25, 0.3) is 0 Å². The predicted octanol–water partition coefficient (Wildman–Crippen LogP) is 0.890. The van der Waals surface area contributed by atoms with Crippen molar-refractivity contribution in [3.8, 4) is 0 Å². The van der Waals surface area contributed by atoms with Gasteiger partial charge in [-0.1, -0.05) is 13.8 Å². The molecular weight excluding hydrogens is 232 g/mol. The first-order chi connectivity index (χ1) is 8.42. The van der Waals surface area contributed by atoms with Gasteiger partial charge in [0.15, 0.2) is 0 Å². The third-order valence-corrected chi connectivity index (χ3v) is 3.76. The first-order valence-electron chi connectivity index (χ1n) is 6.21. The van der Waals surface area contributed by atoms with Crippen LogP contribution in [-0.4, -0.2) is 43.3 Å². The maximum absolute atomic E-state index is 11.5. The highest BCUT2D eigenvalue weighted by Crippen LogP contribution is 2.35. The molecule has 0 saturated carbocycles. The molecule has 0 aliphatic carbocycles. The van der Waals surface area contributed by atoms with Gasteiger partial charge in [-0.3, -0.25) is 14.4 Å². The Bertz CT molecular complexity index is 441. The minimum Gasteiger partial charge on any atom is -0.480 e. The van der Waals surface area contributed by atoms with Crippen LogP contribution in [0.25, 0.3) is 0 Å². The first kappa shape index (κ1) is 13.0. The van der Waals surface area contributed by atoms with Gasteiger partial charge < -0.3 is 5.11 Å². The second kappa shape index (κ2) is 4.68. The van der Waals surface area contributed by atoms with Gasteiger partial charge in [-0.25, -0.2) is 4.98 Å². The molecule has 6 nitrogen and oxygen atoms in total. The Morgan fingerprint density at radius 2 is 2.33 bits per heavy atom. The second-order valence-electron chi connectivity index (χ2n) is 5.60. The van der Waals surface area contributed by atoms with Gasteiger partial charge in [-0.15, -0.1) is 0 Å². The summed E-state index contributed by atoms with van der Waals surface area (Å²) >= 11 is 0. The molecule has 100 valence electrons. The first-order valence-corrected chi connectivity index (χ1v) is 6.21. The highest BCUT2D eigenvalue weighted by atomic mass is 16.4. The molecule has 0 amide bonds. The van der Waals surface area contributed by atoms with E-state index in [0.717, 1.165) is 25.2 Å². The van der Waals surface area contributed by atoms with E-state index in [4.69, 9.17) is 0 Å². The van der Waals surface area contributed by atoms with Gasteiger partial charge in [0.05, 0.1) is 6.54 Å². The average Bonchev–Trinajstić information content (AvgIpc) is 2.62. The van der Waals surface area contributed by atoms with Gasteiger partial charge in [0.2, 0.25) is 0 Å². The average molecular weight is 252 g/mol. The molecular formula is C12H20N4O2.